The number of rotatable bonds is 14. The molecular weight excluding hydrogens is 507 g/mol. The van der Waals surface area contributed by atoms with Crippen molar-refractivity contribution < 1.29 is 32.6 Å². The Kier molecular flexibility index (Phi) is 11.0. The number of unbranched alkanes of at least 4 members (excludes halogenated alkanes) is 3. The van der Waals surface area contributed by atoms with Crippen LogP contribution in [0.4, 0.5) is 13.2 Å². The fourth-order valence-electron chi connectivity index (χ4n) is 4.25. The standard InChI is InChI=1S/C31H34F3NO4/c1-2-3-4-5-6-26(24-7-9-25(10-8-24)30(38)35-20-19-29(36)37)21-39-28-17-13-23(14-18-28)22-11-15-27(16-12-22)31(32,33)34/h7-18,26H,2-6,19-21H2,1H3,(H,35,38)(H,36,37). The molecule has 3 aromatic carbocycles. The fourth-order valence-corrected chi connectivity index (χ4v) is 4.25. The van der Waals surface area contributed by atoms with Gasteiger partial charge >= 0.3 is 12.1 Å². The Bertz CT molecular complexity index is 1190. The maximum absolute atomic E-state index is 12.8. The molecule has 0 bridgehead atoms. The van der Waals surface area contributed by atoms with E-state index in [-0.39, 0.29) is 24.8 Å². The summed E-state index contributed by atoms with van der Waals surface area (Å²) in [5, 5.41) is 11.3. The Hall–Kier alpha value is -3.81. The predicted molar refractivity (Wildman–Crippen MR) is 145 cm³/mol. The first-order valence-corrected chi connectivity index (χ1v) is 13.2. The van der Waals surface area contributed by atoms with Crippen LogP contribution in [0.15, 0.2) is 72.8 Å². The molecule has 8 heteroatoms. The van der Waals surface area contributed by atoms with Crippen molar-refractivity contribution in [3.8, 4) is 16.9 Å². The summed E-state index contributed by atoms with van der Waals surface area (Å²) in [6, 6.07) is 19.6. The second-order valence-corrected chi connectivity index (χ2v) is 9.48. The molecule has 0 saturated carbocycles. The number of carboxylic acid groups (broad SMARTS) is 1. The van der Waals surface area contributed by atoms with Gasteiger partial charge < -0.3 is 15.2 Å². The lowest BCUT2D eigenvalue weighted by Crippen LogP contribution is -2.26. The number of halogens is 3. The highest BCUT2D eigenvalue weighted by Crippen LogP contribution is 2.32. The highest BCUT2D eigenvalue weighted by atomic mass is 19.4. The van der Waals surface area contributed by atoms with Gasteiger partial charge in [0.1, 0.15) is 5.75 Å². The van der Waals surface area contributed by atoms with Gasteiger partial charge in [0.05, 0.1) is 18.6 Å². The van der Waals surface area contributed by atoms with Gasteiger partial charge in [0.25, 0.3) is 5.91 Å². The van der Waals surface area contributed by atoms with Gasteiger partial charge in [0.15, 0.2) is 0 Å². The summed E-state index contributed by atoms with van der Waals surface area (Å²) in [6.07, 6.45) is 0.899. The maximum atomic E-state index is 12.8. The Morgan fingerprint density at radius 3 is 2.05 bits per heavy atom. The largest absolute Gasteiger partial charge is 0.493 e. The molecule has 0 aromatic heterocycles. The second-order valence-electron chi connectivity index (χ2n) is 9.48. The first kappa shape index (κ1) is 29.7. The smallest absolute Gasteiger partial charge is 0.416 e. The lowest BCUT2D eigenvalue weighted by Gasteiger charge is -2.19. The zero-order valence-corrected chi connectivity index (χ0v) is 22.0. The molecule has 1 amide bonds. The van der Waals surface area contributed by atoms with Crippen LogP contribution in [0.3, 0.4) is 0 Å². The minimum atomic E-state index is -4.36. The van der Waals surface area contributed by atoms with E-state index >= 15 is 0 Å². The van der Waals surface area contributed by atoms with Crippen molar-refractivity contribution in [2.24, 2.45) is 0 Å². The summed E-state index contributed by atoms with van der Waals surface area (Å²) >= 11 is 0. The third-order valence-electron chi connectivity index (χ3n) is 6.53. The van der Waals surface area contributed by atoms with Gasteiger partial charge in [0, 0.05) is 18.0 Å². The molecule has 39 heavy (non-hydrogen) atoms. The van der Waals surface area contributed by atoms with E-state index in [0.717, 1.165) is 55.4 Å². The molecule has 0 aliphatic rings. The van der Waals surface area contributed by atoms with Crippen LogP contribution in [0.5, 0.6) is 5.75 Å². The van der Waals surface area contributed by atoms with Crippen molar-refractivity contribution >= 4 is 11.9 Å². The van der Waals surface area contributed by atoms with E-state index < -0.39 is 17.7 Å². The molecule has 208 valence electrons. The van der Waals surface area contributed by atoms with Crippen molar-refractivity contribution in [2.45, 2.75) is 57.5 Å². The summed E-state index contributed by atoms with van der Waals surface area (Å²) in [5.41, 5.74) is 2.33. The van der Waals surface area contributed by atoms with Crippen LogP contribution in [0.2, 0.25) is 0 Å². The number of benzene rings is 3. The van der Waals surface area contributed by atoms with Crippen molar-refractivity contribution in [1.82, 2.24) is 5.32 Å². The third kappa shape index (κ3) is 9.46. The van der Waals surface area contributed by atoms with Crippen molar-refractivity contribution in [1.29, 1.82) is 0 Å². The molecule has 0 radical (unpaired) electrons. The summed E-state index contributed by atoms with van der Waals surface area (Å²) in [4.78, 5) is 22.9. The predicted octanol–water partition coefficient (Wildman–Crippen LogP) is 7.71. The first-order chi connectivity index (χ1) is 18.7. The first-order valence-electron chi connectivity index (χ1n) is 13.2. The zero-order chi connectivity index (χ0) is 28.3. The molecule has 5 nitrogen and oxygen atoms in total. The molecule has 1 atom stereocenters. The Labute approximate surface area is 227 Å². The van der Waals surface area contributed by atoms with E-state index in [0.29, 0.717) is 23.5 Å². The average Bonchev–Trinajstić information content (AvgIpc) is 2.92. The van der Waals surface area contributed by atoms with Crippen LogP contribution in [0.25, 0.3) is 11.1 Å². The number of amides is 1. The van der Waals surface area contributed by atoms with Crippen molar-refractivity contribution in [2.75, 3.05) is 13.2 Å². The van der Waals surface area contributed by atoms with E-state index in [1.807, 2.05) is 36.4 Å². The topological polar surface area (TPSA) is 75.6 Å². The Morgan fingerprint density at radius 1 is 0.872 bits per heavy atom. The normalized spacial score (nSPS) is 12.1. The minimum Gasteiger partial charge on any atom is -0.493 e. The second kappa shape index (κ2) is 14.4. The van der Waals surface area contributed by atoms with Crippen molar-refractivity contribution in [3.63, 3.8) is 0 Å². The van der Waals surface area contributed by atoms with Crippen LogP contribution >= 0.6 is 0 Å². The van der Waals surface area contributed by atoms with E-state index in [2.05, 4.69) is 12.2 Å². The van der Waals surface area contributed by atoms with Gasteiger partial charge in [-0.15, -0.1) is 0 Å². The average molecular weight is 542 g/mol. The fraction of sp³-hybridized carbons (Fsp3) is 0.355. The van der Waals surface area contributed by atoms with Crippen LogP contribution in [-0.4, -0.2) is 30.1 Å². The summed E-state index contributed by atoms with van der Waals surface area (Å²) < 4.78 is 44.6. The SMILES string of the molecule is CCCCCCC(COc1ccc(-c2ccc(C(F)(F)F)cc2)cc1)c1ccc(C(=O)NCCC(=O)O)cc1. The summed E-state index contributed by atoms with van der Waals surface area (Å²) in [5.74, 6) is -0.503. The third-order valence-corrected chi connectivity index (χ3v) is 6.53. The van der Waals surface area contributed by atoms with Gasteiger partial charge in [-0.05, 0) is 59.5 Å². The highest BCUT2D eigenvalue weighted by molar-refractivity contribution is 5.94. The van der Waals surface area contributed by atoms with Crippen LogP contribution in [0.1, 0.15) is 72.9 Å². The van der Waals surface area contributed by atoms with Gasteiger partial charge in [-0.1, -0.05) is 69.0 Å². The highest BCUT2D eigenvalue weighted by Gasteiger charge is 2.30. The zero-order valence-electron chi connectivity index (χ0n) is 22.0. The molecule has 0 spiro atoms. The molecule has 3 aromatic rings. The molecule has 1 unspecified atom stereocenters. The number of carbonyl (C=O) groups excluding carboxylic acids is 1. The van der Waals surface area contributed by atoms with E-state index in [9.17, 15) is 22.8 Å². The molecule has 0 heterocycles. The molecular formula is C31H34F3NO4. The number of carboxylic acids is 1. The number of carbonyl (C=O) groups is 2. The van der Waals surface area contributed by atoms with Crippen LogP contribution in [0, 0.1) is 0 Å². The summed E-state index contributed by atoms with van der Waals surface area (Å²) in [6.45, 7) is 2.67. The van der Waals surface area contributed by atoms with E-state index in [4.69, 9.17) is 9.84 Å². The number of nitrogens with one attached hydrogen (secondary N) is 1. The lowest BCUT2D eigenvalue weighted by atomic mass is 9.93. The van der Waals surface area contributed by atoms with Gasteiger partial charge in [-0.25, -0.2) is 0 Å². The number of aliphatic carboxylic acids is 1. The maximum Gasteiger partial charge on any atom is 0.416 e. The molecule has 0 saturated heterocycles. The molecule has 3 rings (SSSR count). The Balaban J connectivity index is 1.63. The quantitative estimate of drug-likeness (QED) is 0.205. The number of alkyl halides is 3. The molecule has 0 fully saturated rings. The lowest BCUT2D eigenvalue weighted by molar-refractivity contribution is -0.138. The van der Waals surface area contributed by atoms with E-state index in [1.54, 1.807) is 12.1 Å². The van der Waals surface area contributed by atoms with Gasteiger partial charge in [0.2, 0.25) is 0 Å². The molecule has 0 aliphatic heterocycles. The summed E-state index contributed by atoms with van der Waals surface area (Å²) in [7, 11) is 0. The molecule has 0 aliphatic carbocycles. The number of hydrogen-bond donors (Lipinski definition) is 2. The molecule has 2 N–H and O–H groups in total. The van der Waals surface area contributed by atoms with Crippen molar-refractivity contribution in [3.05, 3.63) is 89.5 Å². The van der Waals surface area contributed by atoms with Gasteiger partial charge in [-0.3, -0.25) is 9.59 Å². The number of hydrogen-bond acceptors (Lipinski definition) is 3. The van der Waals surface area contributed by atoms with Crippen LogP contribution < -0.4 is 10.1 Å². The van der Waals surface area contributed by atoms with E-state index in [1.165, 1.54) is 12.1 Å². The number of ether oxygens (including phenoxy) is 1. The Morgan fingerprint density at radius 2 is 1.49 bits per heavy atom. The van der Waals surface area contributed by atoms with Crippen LogP contribution in [-0.2, 0) is 11.0 Å². The minimum absolute atomic E-state index is 0.0709. The monoisotopic (exact) mass is 541 g/mol. The van der Waals surface area contributed by atoms with Gasteiger partial charge in [-0.2, -0.15) is 13.2 Å².